The second-order valence-electron chi connectivity index (χ2n) is 12.0. The molecular weight excluding hydrogens is 541 g/mol. The Hall–Kier alpha value is -3.72. The summed E-state index contributed by atoms with van der Waals surface area (Å²) in [6, 6.07) is 15.4. The fourth-order valence-corrected chi connectivity index (χ4v) is 4.37. The number of hydrogen-bond donors (Lipinski definition) is 0. The molecule has 9 heteroatoms. The Balaban J connectivity index is 1.82. The maximum atomic E-state index is 14.8. The molecule has 0 N–H and O–H groups in total. The molecule has 1 heterocycles. The summed E-state index contributed by atoms with van der Waals surface area (Å²) in [6.07, 6.45) is 0.382. The molecule has 0 radical (unpaired) electrons. The van der Waals surface area contributed by atoms with Crippen LogP contribution >= 0.6 is 0 Å². The molecule has 0 aliphatic carbocycles. The molecule has 0 saturated heterocycles. The first-order chi connectivity index (χ1) is 19.7. The van der Waals surface area contributed by atoms with Crippen LogP contribution in [-0.4, -0.2) is 66.6 Å². The van der Waals surface area contributed by atoms with Crippen molar-refractivity contribution < 1.29 is 37.7 Å². The van der Waals surface area contributed by atoms with Gasteiger partial charge in [-0.1, -0.05) is 60.7 Å². The molecule has 2 aromatic carbocycles. The maximum absolute atomic E-state index is 14.8. The quantitative estimate of drug-likeness (QED) is 0.235. The van der Waals surface area contributed by atoms with Crippen molar-refractivity contribution in [3.8, 4) is 0 Å². The van der Waals surface area contributed by atoms with Crippen LogP contribution in [0.15, 0.2) is 60.7 Å². The fraction of sp³-hybridized carbons (Fsp3) is 0.485. The molecule has 0 fully saturated rings. The number of ether oxygens (including phenoxy) is 4. The van der Waals surface area contributed by atoms with Gasteiger partial charge in [0.25, 0.3) is 0 Å². The van der Waals surface area contributed by atoms with E-state index in [9.17, 15) is 18.8 Å². The molecule has 42 heavy (non-hydrogen) atoms. The Labute approximate surface area is 247 Å². The second-order valence-corrected chi connectivity index (χ2v) is 12.0. The predicted molar refractivity (Wildman–Crippen MR) is 157 cm³/mol. The van der Waals surface area contributed by atoms with Crippen LogP contribution in [0.4, 0.5) is 9.18 Å². The minimum Gasteiger partial charge on any atom is -0.458 e. The minimum absolute atomic E-state index is 0.0123. The summed E-state index contributed by atoms with van der Waals surface area (Å²) in [5.74, 6) is -1.68. The number of esters is 2. The van der Waals surface area contributed by atoms with Gasteiger partial charge in [-0.2, -0.15) is 0 Å². The van der Waals surface area contributed by atoms with E-state index in [4.69, 9.17) is 18.9 Å². The maximum Gasteiger partial charge on any atom is 0.410 e. The van der Waals surface area contributed by atoms with Crippen molar-refractivity contribution in [2.24, 2.45) is 0 Å². The van der Waals surface area contributed by atoms with Crippen LogP contribution < -0.4 is 0 Å². The van der Waals surface area contributed by atoms with E-state index in [-0.39, 0.29) is 19.4 Å². The number of carbonyl (C=O) groups is 3. The lowest BCUT2D eigenvalue weighted by atomic mass is 9.98. The number of likely N-dealkylation sites (N-methyl/N-ethyl adjacent to an activating group) is 1. The molecule has 1 amide bonds. The summed E-state index contributed by atoms with van der Waals surface area (Å²) in [4.78, 5) is 40.6. The normalized spacial score (nSPS) is 15.2. The Kier molecular flexibility index (Phi) is 11.3. The van der Waals surface area contributed by atoms with Crippen LogP contribution in [0.5, 0.6) is 0 Å². The van der Waals surface area contributed by atoms with Crippen molar-refractivity contribution in [2.45, 2.75) is 83.9 Å². The van der Waals surface area contributed by atoms with Crippen LogP contribution in [0.3, 0.4) is 0 Å². The standard InChI is InChI=1S/C33H42FNO7/c1-32(2,3)42-31(38)35(6)27(21-33(4,5)34)29(36)41-28(30(37)40-22-24-10-8-7-9-11-24)20-23-12-14-25(15-13-23)26-16-18-39-19-17-26/h7-16,27-28H,17-22H2,1-6H3. The lowest BCUT2D eigenvalue weighted by Crippen LogP contribution is -2.49. The van der Waals surface area contributed by atoms with Gasteiger partial charge in [0.2, 0.25) is 6.10 Å². The summed E-state index contributed by atoms with van der Waals surface area (Å²) in [5, 5.41) is 0. The molecule has 228 valence electrons. The zero-order chi connectivity index (χ0) is 30.9. The Morgan fingerprint density at radius 3 is 2.19 bits per heavy atom. The van der Waals surface area contributed by atoms with E-state index in [0.29, 0.717) is 13.2 Å². The van der Waals surface area contributed by atoms with Gasteiger partial charge in [0.15, 0.2) is 0 Å². The van der Waals surface area contributed by atoms with Crippen LogP contribution in [0, 0.1) is 0 Å². The average Bonchev–Trinajstić information content (AvgIpc) is 2.94. The number of hydrogen-bond acceptors (Lipinski definition) is 7. The van der Waals surface area contributed by atoms with Crippen LogP contribution in [0.2, 0.25) is 0 Å². The highest BCUT2D eigenvalue weighted by molar-refractivity contribution is 5.85. The largest absolute Gasteiger partial charge is 0.458 e. The van der Waals surface area contributed by atoms with Crippen molar-refractivity contribution in [1.82, 2.24) is 4.90 Å². The molecule has 0 spiro atoms. The Bertz CT molecular complexity index is 1230. The number of nitrogens with zero attached hydrogens (tertiary/aromatic N) is 1. The lowest BCUT2D eigenvalue weighted by molar-refractivity contribution is -0.172. The Morgan fingerprint density at radius 2 is 1.62 bits per heavy atom. The summed E-state index contributed by atoms with van der Waals surface area (Å²) in [5.41, 5.74) is 1.08. The van der Waals surface area contributed by atoms with E-state index in [2.05, 4.69) is 0 Å². The van der Waals surface area contributed by atoms with Crippen molar-refractivity contribution in [3.05, 3.63) is 77.4 Å². The number of halogens is 1. The summed E-state index contributed by atoms with van der Waals surface area (Å²) in [6.45, 7) is 8.88. The molecule has 2 aromatic rings. The molecule has 1 aliphatic rings. The van der Waals surface area contributed by atoms with E-state index in [1.54, 1.807) is 20.8 Å². The van der Waals surface area contributed by atoms with Gasteiger partial charge >= 0.3 is 18.0 Å². The molecule has 0 bridgehead atoms. The van der Waals surface area contributed by atoms with Gasteiger partial charge in [-0.15, -0.1) is 0 Å². The third-order valence-electron chi connectivity index (χ3n) is 6.55. The highest BCUT2D eigenvalue weighted by atomic mass is 19.1. The molecule has 1 aliphatic heterocycles. The molecule has 2 atom stereocenters. The number of rotatable bonds is 11. The topological polar surface area (TPSA) is 91.4 Å². The van der Waals surface area contributed by atoms with Gasteiger partial charge in [-0.05, 0) is 63.3 Å². The van der Waals surface area contributed by atoms with E-state index < -0.39 is 41.4 Å². The lowest BCUT2D eigenvalue weighted by Gasteiger charge is -2.32. The van der Waals surface area contributed by atoms with Gasteiger partial charge in [0.1, 0.15) is 23.9 Å². The monoisotopic (exact) mass is 583 g/mol. The van der Waals surface area contributed by atoms with Crippen molar-refractivity contribution >= 4 is 23.6 Å². The first-order valence-electron chi connectivity index (χ1n) is 14.1. The van der Waals surface area contributed by atoms with Gasteiger partial charge in [0.05, 0.1) is 13.2 Å². The average molecular weight is 584 g/mol. The van der Waals surface area contributed by atoms with Crippen molar-refractivity contribution in [3.63, 3.8) is 0 Å². The summed E-state index contributed by atoms with van der Waals surface area (Å²) < 4.78 is 36.8. The summed E-state index contributed by atoms with van der Waals surface area (Å²) >= 11 is 0. The first-order valence-corrected chi connectivity index (χ1v) is 14.1. The highest BCUT2D eigenvalue weighted by Gasteiger charge is 2.38. The number of benzene rings is 2. The smallest absolute Gasteiger partial charge is 0.410 e. The highest BCUT2D eigenvalue weighted by Crippen LogP contribution is 2.25. The molecule has 0 aromatic heterocycles. The predicted octanol–water partition coefficient (Wildman–Crippen LogP) is 6.06. The van der Waals surface area contributed by atoms with E-state index >= 15 is 0 Å². The van der Waals surface area contributed by atoms with Gasteiger partial charge in [0, 0.05) is 19.9 Å². The minimum atomic E-state index is -1.82. The van der Waals surface area contributed by atoms with Crippen molar-refractivity contribution in [1.29, 1.82) is 0 Å². The summed E-state index contributed by atoms with van der Waals surface area (Å²) in [7, 11) is 1.35. The van der Waals surface area contributed by atoms with Crippen LogP contribution in [0.1, 0.15) is 64.2 Å². The molecule has 2 unspecified atom stereocenters. The SMILES string of the molecule is CN(C(=O)OC(C)(C)C)C(CC(C)(C)F)C(=O)OC(Cc1ccc(C2=CCOCC2)cc1)C(=O)OCc1ccccc1. The zero-order valence-corrected chi connectivity index (χ0v) is 25.4. The number of alkyl halides is 1. The van der Waals surface area contributed by atoms with Gasteiger partial charge in [-0.3, -0.25) is 4.90 Å². The van der Waals surface area contributed by atoms with E-state index in [0.717, 1.165) is 28.0 Å². The van der Waals surface area contributed by atoms with Crippen LogP contribution in [-0.2, 0) is 41.6 Å². The zero-order valence-electron chi connectivity index (χ0n) is 25.4. The Morgan fingerprint density at radius 1 is 0.952 bits per heavy atom. The third-order valence-corrected chi connectivity index (χ3v) is 6.55. The third kappa shape index (κ3) is 10.6. The van der Waals surface area contributed by atoms with Gasteiger partial charge in [-0.25, -0.2) is 18.8 Å². The molecule has 3 rings (SSSR count). The van der Waals surface area contributed by atoms with E-state index in [1.165, 1.54) is 26.5 Å². The fourth-order valence-electron chi connectivity index (χ4n) is 4.37. The molecule has 8 nitrogen and oxygen atoms in total. The number of carbonyl (C=O) groups excluding carboxylic acids is 3. The van der Waals surface area contributed by atoms with Gasteiger partial charge < -0.3 is 18.9 Å². The van der Waals surface area contributed by atoms with E-state index in [1.807, 2.05) is 60.7 Å². The second kappa shape index (κ2) is 14.4. The molecular formula is C33H42FNO7. The van der Waals surface area contributed by atoms with Crippen molar-refractivity contribution in [2.75, 3.05) is 20.3 Å². The number of amides is 1. The first kappa shape index (κ1) is 32.8. The molecule has 0 saturated carbocycles. The van der Waals surface area contributed by atoms with Crippen LogP contribution in [0.25, 0.3) is 5.57 Å².